The fraction of sp³-hybridized carbons (Fsp3) is 0.500. The van der Waals surface area contributed by atoms with Crippen molar-refractivity contribution >= 4 is 28.6 Å². The van der Waals surface area contributed by atoms with Gasteiger partial charge in [0.2, 0.25) is 0 Å². The lowest BCUT2D eigenvalue weighted by molar-refractivity contribution is 0.581. The number of hydrogen-bond donors (Lipinski definition) is 1. The van der Waals surface area contributed by atoms with Crippen molar-refractivity contribution in [2.75, 3.05) is 18.0 Å². The maximum atomic E-state index is 6.18. The van der Waals surface area contributed by atoms with E-state index in [4.69, 9.17) is 11.6 Å². The van der Waals surface area contributed by atoms with Crippen LogP contribution in [0.3, 0.4) is 0 Å². The monoisotopic (exact) mass is 237 g/mol. The number of imidazole rings is 1. The van der Waals surface area contributed by atoms with Gasteiger partial charge >= 0.3 is 0 Å². The predicted octanol–water partition coefficient (Wildman–Crippen LogP) is 1.56. The number of nitrogens with zero attached hydrogens (tertiary/aromatic N) is 4. The summed E-state index contributed by atoms with van der Waals surface area (Å²) in [6.07, 6.45) is 5.38. The molecule has 3 rings (SSSR count). The Balaban J connectivity index is 2.01. The summed E-state index contributed by atoms with van der Waals surface area (Å²) < 4.78 is 0. The molecular weight excluding hydrogens is 226 g/mol. The molecule has 0 aliphatic carbocycles. The lowest BCUT2D eigenvalue weighted by Crippen LogP contribution is -2.36. The molecule has 0 aromatic carbocycles. The van der Waals surface area contributed by atoms with Crippen molar-refractivity contribution in [3.8, 4) is 0 Å². The number of piperidine rings is 1. The molecular formula is C10H12ClN5. The molecule has 5 nitrogen and oxygen atoms in total. The minimum atomic E-state index is 0.210. The molecule has 0 amide bonds. The molecule has 1 fully saturated rings. The molecule has 1 N–H and O–H groups in total. The number of halogens is 1. The van der Waals surface area contributed by atoms with Crippen LogP contribution in [0.15, 0.2) is 12.7 Å². The van der Waals surface area contributed by atoms with Gasteiger partial charge in [-0.1, -0.05) is 0 Å². The quantitative estimate of drug-likeness (QED) is 0.765. The second-order valence-electron chi connectivity index (χ2n) is 3.98. The van der Waals surface area contributed by atoms with E-state index in [1.54, 1.807) is 12.7 Å². The van der Waals surface area contributed by atoms with E-state index in [1.807, 2.05) is 0 Å². The molecule has 1 unspecified atom stereocenters. The van der Waals surface area contributed by atoms with Crippen molar-refractivity contribution in [2.24, 2.45) is 0 Å². The van der Waals surface area contributed by atoms with Gasteiger partial charge in [0, 0.05) is 13.1 Å². The van der Waals surface area contributed by atoms with E-state index in [-0.39, 0.29) is 5.38 Å². The van der Waals surface area contributed by atoms with Gasteiger partial charge in [-0.15, -0.1) is 11.6 Å². The Morgan fingerprint density at radius 1 is 1.38 bits per heavy atom. The Bertz CT molecular complexity index is 497. The van der Waals surface area contributed by atoms with E-state index in [1.165, 1.54) is 0 Å². The largest absolute Gasteiger partial charge is 0.353 e. The normalized spacial score (nSPS) is 21.6. The van der Waals surface area contributed by atoms with Gasteiger partial charge in [-0.05, 0) is 12.8 Å². The summed E-state index contributed by atoms with van der Waals surface area (Å²) in [5.41, 5.74) is 1.61. The second kappa shape index (κ2) is 3.90. The number of H-pyrrole nitrogens is 1. The fourth-order valence-electron chi connectivity index (χ4n) is 2.11. The summed E-state index contributed by atoms with van der Waals surface area (Å²) in [4.78, 5) is 17.8. The van der Waals surface area contributed by atoms with E-state index in [0.29, 0.717) is 5.65 Å². The Morgan fingerprint density at radius 2 is 2.31 bits per heavy atom. The zero-order valence-electron chi connectivity index (χ0n) is 8.73. The first-order valence-corrected chi connectivity index (χ1v) is 5.81. The zero-order chi connectivity index (χ0) is 11.0. The smallest absolute Gasteiger partial charge is 0.182 e. The molecule has 2 aromatic rings. The summed E-state index contributed by atoms with van der Waals surface area (Å²) in [6, 6.07) is 0. The van der Waals surface area contributed by atoms with Crippen molar-refractivity contribution in [2.45, 2.75) is 18.2 Å². The minimum Gasteiger partial charge on any atom is -0.353 e. The number of fused-ring (bicyclic) bond motifs is 1. The first-order valence-electron chi connectivity index (χ1n) is 5.37. The van der Waals surface area contributed by atoms with Crippen LogP contribution in [0.1, 0.15) is 12.8 Å². The van der Waals surface area contributed by atoms with Gasteiger partial charge in [0.05, 0.1) is 11.7 Å². The van der Waals surface area contributed by atoms with Gasteiger partial charge in [0.25, 0.3) is 0 Å². The molecule has 0 radical (unpaired) electrons. The first-order chi connectivity index (χ1) is 7.84. The van der Waals surface area contributed by atoms with Crippen LogP contribution in [-0.4, -0.2) is 38.4 Å². The Labute approximate surface area is 97.9 Å². The zero-order valence-corrected chi connectivity index (χ0v) is 9.48. The lowest BCUT2D eigenvalue weighted by atomic mass is 10.1. The molecule has 3 heterocycles. The number of aromatic nitrogens is 4. The molecule has 84 valence electrons. The highest BCUT2D eigenvalue weighted by atomic mass is 35.5. The van der Waals surface area contributed by atoms with Crippen LogP contribution in [0.4, 0.5) is 5.82 Å². The average Bonchev–Trinajstić information content (AvgIpc) is 2.76. The highest BCUT2D eigenvalue weighted by molar-refractivity contribution is 6.21. The Morgan fingerprint density at radius 3 is 3.19 bits per heavy atom. The van der Waals surface area contributed by atoms with Crippen molar-refractivity contribution in [3.63, 3.8) is 0 Å². The Kier molecular flexibility index (Phi) is 2.40. The van der Waals surface area contributed by atoms with Gasteiger partial charge in [0.15, 0.2) is 11.5 Å². The standard InChI is InChI=1S/C10H12ClN5/c11-7-2-1-3-16(4-7)10-8-9(13-5-12-8)14-6-15-10/h5-7H,1-4H2,(H,12,13,14,15). The van der Waals surface area contributed by atoms with Crippen molar-refractivity contribution in [1.29, 1.82) is 0 Å². The first kappa shape index (κ1) is 9.84. The van der Waals surface area contributed by atoms with Crippen molar-refractivity contribution in [3.05, 3.63) is 12.7 Å². The molecule has 1 aliphatic rings. The van der Waals surface area contributed by atoms with E-state index in [9.17, 15) is 0 Å². The van der Waals surface area contributed by atoms with E-state index in [2.05, 4.69) is 24.8 Å². The fourth-order valence-corrected chi connectivity index (χ4v) is 2.43. The van der Waals surface area contributed by atoms with E-state index < -0.39 is 0 Å². The predicted molar refractivity (Wildman–Crippen MR) is 62.8 cm³/mol. The van der Waals surface area contributed by atoms with Gasteiger partial charge in [0.1, 0.15) is 11.8 Å². The third-order valence-electron chi connectivity index (χ3n) is 2.87. The highest BCUT2D eigenvalue weighted by Crippen LogP contribution is 2.24. The van der Waals surface area contributed by atoms with Crippen LogP contribution >= 0.6 is 11.6 Å². The average molecular weight is 238 g/mol. The SMILES string of the molecule is ClC1CCCN(c2ncnc3nc[nH]c23)C1. The summed E-state index contributed by atoms with van der Waals surface area (Å²) in [5.74, 6) is 0.910. The van der Waals surface area contributed by atoms with Crippen molar-refractivity contribution < 1.29 is 0 Å². The van der Waals surface area contributed by atoms with Crippen LogP contribution in [0.25, 0.3) is 11.2 Å². The van der Waals surface area contributed by atoms with Gasteiger partial charge in [-0.3, -0.25) is 0 Å². The van der Waals surface area contributed by atoms with Gasteiger partial charge in [-0.25, -0.2) is 15.0 Å². The molecule has 2 aromatic heterocycles. The van der Waals surface area contributed by atoms with E-state index in [0.717, 1.165) is 37.3 Å². The maximum Gasteiger partial charge on any atom is 0.182 e. The summed E-state index contributed by atoms with van der Waals surface area (Å²) >= 11 is 6.18. The Hall–Kier alpha value is -1.36. The van der Waals surface area contributed by atoms with Crippen molar-refractivity contribution in [1.82, 2.24) is 19.9 Å². The lowest BCUT2D eigenvalue weighted by Gasteiger charge is -2.30. The van der Waals surface area contributed by atoms with Crippen LogP contribution in [0, 0.1) is 0 Å². The van der Waals surface area contributed by atoms with Gasteiger partial charge in [-0.2, -0.15) is 0 Å². The molecule has 16 heavy (non-hydrogen) atoms. The maximum absolute atomic E-state index is 6.18. The summed E-state index contributed by atoms with van der Waals surface area (Å²) in [6.45, 7) is 1.83. The highest BCUT2D eigenvalue weighted by Gasteiger charge is 2.21. The third kappa shape index (κ3) is 1.61. The molecule has 1 atom stereocenters. The molecule has 0 bridgehead atoms. The van der Waals surface area contributed by atoms with Gasteiger partial charge < -0.3 is 9.88 Å². The topological polar surface area (TPSA) is 57.7 Å². The summed E-state index contributed by atoms with van der Waals surface area (Å²) in [7, 11) is 0. The minimum absolute atomic E-state index is 0.210. The molecule has 0 saturated carbocycles. The van der Waals surface area contributed by atoms with Crippen LogP contribution in [0.2, 0.25) is 0 Å². The van der Waals surface area contributed by atoms with E-state index >= 15 is 0 Å². The third-order valence-corrected chi connectivity index (χ3v) is 3.22. The second-order valence-corrected chi connectivity index (χ2v) is 4.60. The summed E-state index contributed by atoms with van der Waals surface area (Å²) in [5, 5.41) is 0.210. The van der Waals surface area contributed by atoms with Crippen LogP contribution < -0.4 is 4.90 Å². The molecule has 1 aliphatic heterocycles. The molecule has 0 spiro atoms. The van der Waals surface area contributed by atoms with Crippen LogP contribution in [0.5, 0.6) is 0 Å². The number of nitrogens with one attached hydrogen (secondary N) is 1. The number of hydrogen-bond acceptors (Lipinski definition) is 4. The number of rotatable bonds is 1. The number of alkyl halides is 1. The molecule has 1 saturated heterocycles. The van der Waals surface area contributed by atoms with Crippen LogP contribution in [-0.2, 0) is 0 Å². The number of anilines is 1. The number of aromatic amines is 1. The molecule has 6 heteroatoms.